The van der Waals surface area contributed by atoms with Gasteiger partial charge in [-0.3, -0.25) is 0 Å². The molecule has 3 aromatic rings. The number of aryl methyl sites for hydroxylation is 2. The van der Waals surface area contributed by atoms with Crippen LogP contribution < -0.4 is 0 Å². The molecule has 28 heavy (non-hydrogen) atoms. The van der Waals surface area contributed by atoms with Crippen LogP contribution in [0.15, 0.2) is 78.4 Å². The number of fused-ring (bicyclic) bond motifs is 3. The molecule has 0 heterocycles. The van der Waals surface area contributed by atoms with E-state index in [4.69, 9.17) is 0 Å². The lowest BCUT2D eigenvalue weighted by atomic mass is 9.91. The summed E-state index contributed by atoms with van der Waals surface area (Å²) in [6.45, 7) is 4.37. The van der Waals surface area contributed by atoms with Gasteiger partial charge in [0.25, 0.3) is 0 Å². The van der Waals surface area contributed by atoms with Gasteiger partial charge in [0.2, 0.25) is 0 Å². The maximum absolute atomic E-state index is 2.39. The summed E-state index contributed by atoms with van der Waals surface area (Å²) in [5.41, 5.74) is 14.3. The summed E-state index contributed by atoms with van der Waals surface area (Å²) < 4.78 is 0. The van der Waals surface area contributed by atoms with Gasteiger partial charge in [-0.1, -0.05) is 83.9 Å². The summed E-state index contributed by atoms with van der Waals surface area (Å²) in [4.78, 5) is 0. The first-order chi connectivity index (χ1) is 13.7. The number of hydrogen-bond donors (Lipinski definition) is 0. The highest BCUT2D eigenvalue weighted by Gasteiger charge is 2.30. The first-order valence-corrected chi connectivity index (χ1v) is 10.4. The second kappa shape index (κ2) is 6.95. The molecule has 0 saturated carbocycles. The van der Waals surface area contributed by atoms with E-state index < -0.39 is 0 Å². The molecule has 0 spiro atoms. The highest BCUT2D eigenvalue weighted by atomic mass is 14.3. The lowest BCUT2D eigenvalue weighted by Gasteiger charge is -2.13. The Kier molecular flexibility index (Phi) is 4.28. The van der Waals surface area contributed by atoms with E-state index in [2.05, 4.69) is 86.6 Å². The van der Waals surface area contributed by atoms with E-state index in [0.29, 0.717) is 0 Å². The van der Waals surface area contributed by atoms with E-state index >= 15 is 0 Å². The molecule has 138 valence electrons. The van der Waals surface area contributed by atoms with Crippen LogP contribution in [0.1, 0.15) is 59.1 Å². The summed E-state index contributed by atoms with van der Waals surface area (Å²) in [6, 6.07) is 27.1. The van der Waals surface area contributed by atoms with Crippen molar-refractivity contribution in [3.63, 3.8) is 0 Å². The Hall–Kier alpha value is -2.86. The Bertz CT molecular complexity index is 1090. The fourth-order valence-corrected chi connectivity index (χ4v) is 4.83. The molecule has 5 rings (SSSR count). The summed E-state index contributed by atoms with van der Waals surface area (Å²) >= 11 is 0. The predicted octanol–water partition coefficient (Wildman–Crippen LogP) is 7.60. The first-order valence-electron chi connectivity index (χ1n) is 10.4. The smallest absolute Gasteiger partial charge is 0.00667 e. The normalized spacial score (nSPS) is 16.1. The lowest BCUT2D eigenvalue weighted by Crippen LogP contribution is -1.91. The molecule has 3 aromatic carbocycles. The number of rotatable bonds is 2. The van der Waals surface area contributed by atoms with Crippen LogP contribution in [0.2, 0.25) is 0 Å². The van der Waals surface area contributed by atoms with Crippen molar-refractivity contribution in [2.24, 2.45) is 0 Å². The maximum atomic E-state index is 2.39. The monoisotopic (exact) mass is 362 g/mol. The zero-order valence-electron chi connectivity index (χ0n) is 16.8. The van der Waals surface area contributed by atoms with Gasteiger partial charge in [0.1, 0.15) is 0 Å². The number of benzene rings is 3. The highest BCUT2D eigenvalue weighted by Crippen LogP contribution is 2.51. The second-order valence-electron chi connectivity index (χ2n) is 8.20. The Morgan fingerprint density at radius 2 is 1.21 bits per heavy atom. The molecule has 0 atom stereocenters. The molecule has 0 heteroatoms. The fourth-order valence-electron chi connectivity index (χ4n) is 4.83. The average molecular weight is 363 g/mol. The van der Waals surface area contributed by atoms with Gasteiger partial charge in [-0.15, -0.1) is 0 Å². The molecule has 0 saturated heterocycles. The molecule has 0 unspecified atom stereocenters. The number of hydrogen-bond acceptors (Lipinski definition) is 0. The van der Waals surface area contributed by atoms with Gasteiger partial charge in [0.15, 0.2) is 0 Å². The Morgan fingerprint density at radius 1 is 0.536 bits per heavy atom. The standard InChI is InChI=1S/C28H26/c1-19-12-15-22(16-13-19)27-25-11-7-6-10-23(21-8-4-3-5-9-21)28(25)24-17-14-20(2)18-26(24)27/h3-5,8-9,12-18H,6-7,10-11H2,1-2H3. The fraction of sp³-hybridized carbons (Fsp3) is 0.214. The molecule has 0 N–H and O–H groups in total. The van der Waals surface area contributed by atoms with Crippen molar-refractivity contribution < 1.29 is 0 Å². The molecule has 0 radical (unpaired) electrons. The minimum absolute atomic E-state index is 1.16. The summed E-state index contributed by atoms with van der Waals surface area (Å²) in [6.07, 6.45) is 4.86. The van der Waals surface area contributed by atoms with E-state index in [0.717, 1.165) is 6.42 Å². The van der Waals surface area contributed by atoms with Crippen molar-refractivity contribution in [2.75, 3.05) is 0 Å². The zero-order valence-corrected chi connectivity index (χ0v) is 16.8. The summed E-state index contributed by atoms with van der Waals surface area (Å²) in [7, 11) is 0. The Morgan fingerprint density at radius 3 is 1.96 bits per heavy atom. The van der Waals surface area contributed by atoms with Crippen LogP contribution in [0.25, 0.3) is 16.7 Å². The van der Waals surface area contributed by atoms with E-state index in [-0.39, 0.29) is 0 Å². The lowest BCUT2D eigenvalue weighted by molar-refractivity contribution is 0.772. The number of allylic oxidation sites excluding steroid dienone is 3. The molecule has 0 aliphatic heterocycles. The van der Waals surface area contributed by atoms with Crippen LogP contribution in [0.4, 0.5) is 0 Å². The van der Waals surface area contributed by atoms with Crippen LogP contribution in [-0.4, -0.2) is 0 Å². The van der Waals surface area contributed by atoms with Gasteiger partial charge in [-0.2, -0.15) is 0 Å². The van der Waals surface area contributed by atoms with Crippen molar-refractivity contribution in [3.05, 3.63) is 112 Å². The van der Waals surface area contributed by atoms with E-state index in [1.54, 1.807) is 5.57 Å². The van der Waals surface area contributed by atoms with Crippen molar-refractivity contribution in [1.82, 2.24) is 0 Å². The Balaban J connectivity index is 1.84. The molecule has 0 fully saturated rings. The predicted molar refractivity (Wildman–Crippen MR) is 120 cm³/mol. The molecule has 2 aliphatic rings. The van der Waals surface area contributed by atoms with Gasteiger partial charge in [0.05, 0.1) is 0 Å². The van der Waals surface area contributed by atoms with E-state index in [9.17, 15) is 0 Å². The molecule has 0 aromatic heterocycles. The van der Waals surface area contributed by atoms with Crippen LogP contribution in [0.5, 0.6) is 0 Å². The van der Waals surface area contributed by atoms with Crippen LogP contribution in [0, 0.1) is 13.8 Å². The van der Waals surface area contributed by atoms with Gasteiger partial charge in [0, 0.05) is 0 Å². The van der Waals surface area contributed by atoms with E-state index in [1.807, 2.05) is 0 Å². The van der Waals surface area contributed by atoms with Crippen molar-refractivity contribution in [3.8, 4) is 0 Å². The largest absolute Gasteiger partial charge is 0.0622 e. The molecule has 0 bridgehead atoms. The van der Waals surface area contributed by atoms with Crippen LogP contribution in [0.3, 0.4) is 0 Å². The second-order valence-corrected chi connectivity index (χ2v) is 8.20. The quantitative estimate of drug-likeness (QED) is 0.440. The third kappa shape index (κ3) is 2.85. The molecule has 0 amide bonds. The van der Waals surface area contributed by atoms with Gasteiger partial charge in [-0.05, 0) is 84.1 Å². The summed E-state index contributed by atoms with van der Waals surface area (Å²) in [5.74, 6) is 0. The van der Waals surface area contributed by atoms with Gasteiger partial charge in [-0.25, -0.2) is 0 Å². The van der Waals surface area contributed by atoms with Gasteiger partial charge < -0.3 is 0 Å². The third-order valence-electron chi connectivity index (χ3n) is 6.19. The van der Waals surface area contributed by atoms with Crippen LogP contribution in [-0.2, 0) is 0 Å². The van der Waals surface area contributed by atoms with Crippen molar-refractivity contribution in [2.45, 2.75) is 39.5 Å². The SMILES string of the molecule is Cc1ccc(C2=C3CCCCC(c4ccccc4)=C3c3ccc(C)cc32)cc1. The van der Waals surface area contributed by atoms with Crippen molar-refractivity contribution in [1.29, 1.82) is 0 Å². The molecule has 0 nitrogen and oxygen atoms in total. The third-order valence-corrected chi connectivity index (χ3v) is 6.19. The van der Waals surface area contributed by atoms with Gasteiger partial charge >= 0.3 is 0 Å². The van der Waals surface area contributed by atoms with Crippen LogP contribution >= 0.6 is 0 Å². The maximum Gasteiger partial charge on any atom is -0.00667 e. The topological polar surface area (TPSA) is 0 Å². The minimum atomic E-state index is 1.16. The molecule has 2 aliphatic carbocycles. The highest BCUT2D eigenvalue weighted by molar-refractivity contribution is 6.12. The zero-order chi connectivity index (χ0) is 19.1. The molecular weight excluding hydrogens is 336 g/mol. The minimum Gasteiger partial charge on any atom is -0.0622 e. The average Bonchev–Trinajstić information content (AvgIpc) is 2.87. The summed E-state index contributed by atoms with van der Waals surface area (Å²) in [5, 5.41) is 0. The van der Waals surface area contributed by atoms with E-state index in [1.165, 1.54) is 69.4 Å². The first kappa shape index (κ1) is 17.3. The Labute approximate surface area is 168 Å². The van der Waals surface area contributed by atoms with Crippen molar-refractivity contribution >= 4 is 16.7 Å². The molecular formula is C28H26.